The lowest BCUT2D eigenvalue weighted by atomic mass is 10.1. The molecule has 4 heteroatoms. The molecule has 1 rings (SSSR count). The number of nitrogens with one attached hydrogen (secondary N) is 1. The van der Waals surface area contributed by atoms with Crippen LogP contribution >= 0.6 is 11.8 Å². The zero-order valence-electron chi connectivity index (χ0n) is 11.1. The molecule has 0 saturated carbocycles. The Balaban J connectivity index is 2.42. The summed E-state index contributed by atoms with van der Waals surface area (Å²) in [6.07, 6.45) is 0. The number of thioether (sulfide) groups is 1. The van der Waals surface area contributed by atoms with Crippen molar-refractivity contribution in [2.75, 3.05) is 5.75 Å². The van der Waals surface area contributed by atoms with E-state index in [1.807, 2.05) is 31.2 Å². The van der Waals surface area contributed by atoms with Crippen LogP contribution < -0.4 is 5.32 Å². The average molecular weight is 267 g/mol. The van der Waals surface area contributed by atoms with Gasteiger partial charge in [-0.25, -0.2) is 0 Å². The van der Waals surface area contributed by atoms with E-state index in [0.717, 1.165) is 10.5 Å². The molecule has 0 saturated heterocycles. The molecule has 18 heavy (non-hydrogen) atoms. The van der Waals surface area contributed by atoms with Crippen molar-refractivity contribution >= 4 is 17.7 Å². The summed E-state index contributed by atoms with van der Waals surface area (Å²) in [6, 6.07) is 7.81. The van der Waals surface area contributed by atoms with Crippen LogP contribution in [0.2, 0.25) is 0 Å². The normalized spacial score (nSPS) is 12.5. The van der Waals surface area contributed by atoms with E-state index in [2.05, 4.69) is 19.2 Å². The van der Waals surface area contributed by atoms with E-state index in [9.17, 15) is 4.79 Å². The highest BCUT2D eigenvalue weighted by Gasteiger charge is 2.10. The van der Waals surface area contributed by atoms with Crippen LogP contribution in [0, 0.1) is 5.92 Å². The zero-order valence-corrected chi connectivity index (χ0v) is 12.0. The zero-order chi connectivity index (χ0) is 13.5. The van der Waals surface area contributed by atoms with Gasteiger partial charge in [-0.05, 0) is 30.5 Å². The standard InChI is InChI=1S/C14H21NO2S/c1-10(2)11(3)15-14(17)9-18-13-6-4-5-12(7-13)8-16/h4-7,10-11,16H,8-9H2,1-3H3,(H,15,17). The maximum atomic E-state index is 11.7. The molecule has 3 nitrogen and oxygen atoms in total. The van der Waals surface area contributed by atoms with E-state index < -0.39 is 0 Å². The lowest BCUT2D eigenvalue weighted by Gasteiger charge is -2.17. The maximum Gasteiger partial charge on any atom is 0.230 e. The van der Waals surface area contributed by atoms with Gasteiger partial charge in [0.1, 0.15) is 0 Å². The summed E-state index contributed by atoms with van der Waals surface area (Å²) in [6.45, 7) is 6.22. The Morgan fingerprint density at radius 3 is 2.72 bits per heavy atom. The Kier molecular flexibility index (Phi) is 6.22. The Hall–Kier alpha value is -1.00. The Bertz CT molecular complexity index is 393. The first kappa shape index (κ1) is 15.1. The molecule has 0 aromatic heterocycles. The molecule has 0 fully saturated rings. The molecule has 0 aliphatic heterocycles. The smallest absolute Gasteiger partial charge is 0.230 e. The summed E-state index contributed by atoms with van der Waals surface area (Å²) in [4.78, 5) is 12.7. The van der Waals surface area contributed by atoms with E-state index in [-0.39, 0.29) is 18.6 Å². The number of aliphatic hydroxyl groups excluding tert-OH is 1. The molecular formula is C14H21NO2S. The van der Waals surface area contributed by atoms with Crippen LogP contribution in [0.5, 0.6) is 0 Å². The second-order valence-electron chi connectivity index (χ2n) is 4.69. The minimum absolute atomic E-state index is 0.0327. The first-order valence-electron chi connectivity index (χ1n) is 6.15. The highest BCUT2D eigenvalue weighted by Crippen LogP contribution is 2.19. The molecule has 2 N–H and O–H groups in total. The van der Waals surface area contributed by atoms with Gasteiger partial charge >= 0.3 is 0 Å². The first-order chi connectivity index (χ1) is 8.52. The monoisotopic (exact) mass is 267 g/mol. The van der Waals surface area contributed by atoms with Gasteiger partial charge in [0.2, 0.25) is 5.91 Å². The molecular weight excluding hydrogens is 246 g/mol. The number of carbonyl (C=O) groups excluding carboxylic acids is 1. The van der Waals surface area contributed by atoms with E-state index in [1.165, 1.54) is 11.8 Å². The van der Waals surface area contributed by atoms with Gasteiger partial charge in [0.25, 0.3) is 0 Å². The molecule has 1 unspecified atom stereocenters. The lowest BCUT2D eigenvalue weighted by Crippen LogP contribution is -2.37. The summed E-state index contributed by atoms with van der Waals surface area (Å²) >= 11 is 1.49. The fraction of sp³-hybridized carbons (Fsp3) is 0.500. The van der Waals surface area contributed by atoms with Gasteiger partial charge in [0.15, 0.2) is 0 Å². The number of hydrogen-bond donors (Lipinski definition) is 2. The number of rotatable bonds is 6. The maximum absolute atomic E-state index is 11.7. The Morgan fingerprint density at radius 2 is 2.11 bits per heavy atom. The number of benzene rings is 1. The predicted molar refractivity (Wildman–Crippen MR) is 75.5 cm³/mol. The van der Waals surface area contributed by atoms with Crippen LogP contribution in [0.1, 0.15) is 26.3 Å². The quantitative estimate of drug-likeness (QED) is 0.778. The van der Waals surface area contributed by atoms with Crippen molar-refractivity contribution in [3.63, 3.8) is 0 Å². The van der Waals surface area contributed by atoms with Gasteiger partial charge in [-0.15, -0.1) is 11.8 Å². The van der Waals surface area contributed by atoms with Crippen molar-refractivity contribution in [2.45, 2.75) is 38.3 Å². The van der Waals surface area contributed by atoms with Crippen molar-refractivity contribution in [3.05, 3.63) is 29.8 Å². The van der Waals surface area contributed by atoms with Gasteiger partial charge in [-0.2, -0.15) is 0 Å². The second-order valence-corrected chi connectivity index (χ2v) is 5.74. The number of aliphatic hydroxyl groups is 1. The van der Waals surface area contributed by atoms with E-state index >= 15 is 0 Å². The minimum atomic E-state index is 0.0327. The molecule has 1 aromatic carbocycles. The van der Waals surface area contributed by atoms with Crippen LogP contribution in [0.4, 0.5) is 0 Å². The topological polar surface area (TPSA) is 49.3 Å². The Labute approximate surface area is 113 Å². The van der Waals surface area contributed by atoms with Gasteiger partial charge < -0.3 is 10.4 Å². The van der Waals surface area contributed by atoms with Crippen molar-refractivity contribution < 1.29 is 9.90 Å². The summed E-state index contributed by atoms with van der Waals surface area (Å²) in [5, 5.41) is 12.0. The average Bonchev–Trinajstić information content (AvgIpc) is 2.36. The van der Waals surface area contributed by atoms with E-state index in [0.29, 0.717) is 11.7 Å². The summed E-state index contributed by atoms with van der Waals surface area (Å²) in [5.41, 5.74) is 0.871. The first-order valence-corrected chi connectivity index (χ1v) is 7.13. The van der Waals surface area contributed by atoms with E-state index in [1.54, 1.807) is 0 Å². The molecule has 1 aromatic rings. The van der Waals surface area contributed by atoms with Gasteiger partial charge in [0, 0.05) is 10.9 Å². The second kappa shape index (κ2) is 7.44. The van der Waals surface area contributed by atoms with Crippen molar-refractivity contribution in [3.8, 4) is 0 Å². The van der Waals surface area contributed by atoms with Gasteiger partial charge in [0.05, 0.1) is 12.4 Å². The van der Waals surface area contributed by atoms with Crippen molar-refractivity contribution in [1.29, 1.82) is 0 Å². The summed E-state index contributed by atoms with van der Waals surface area (Å²) in [7, 11) is 0. The van der Waals surface area contributed by atoms with Crippen LogP contribution in [0.3, 0.4) is 0 Å². The van der Waals surface area contributed by atoms with Gasteiger partial charge in [-0.1, -0.05) is 26.0 Å². The number of hydrogen-bond acceptors (Lipinski definition) is 3. The molecule has 0 radical (unpaired) electrons. The fourth-order valence-corrected chi connectivity index (χ4v) is 2.14. The van der Waals surface area contributed by atoms with Crippen molar-refractivity contribution in [1.82, 2.24) is 5.32 Å². The van der Waals surface area contributed by atoms with Crippen molar-refractivity contribution in [2.24, 2.45) is 5.92 Å². The molecule has 0 spiro atoms. The number of carbonyl (C=O) groups is 1. The predicted octanol–water partition coefficient (Wildman–Crippen LogP) is 2.43. The largest absolute Gasteiger partial charge is 0.392 e. The highest BCUT2D eigenvalue weighted by atomic mass is 32.2. The van der Waals surface area contributed by atoms with Crippen LogP contribution in [0.15, 0.2) is 29.2 Å². The third kappa shape index (κ3) is 5.10. The summed E-state index contributed by atoms with van der Waals surface area (Å²) in [5.74, 6) is 0.902. The Morgan fingerprint density at radius 1 is 1.39 bits per heavy atom. The minimum Gasteiger partial charge on any atom is -0.392 e. The van der Waals surface area contributed by atoms with Crippen LogP contribution in [0.25, 0.3) is 0 Å². The summed E-state index contributed by atoms with van der Waals surface area (Å²) < 4.78 is 0. The molecule has 100 valence electrons. The van der Waals surface area contributed by atoms with Gasteiger partial charge in [-0.3, -0.25) is 4.79 Å². The lowest BCUT2D eigenvalue weighted by molar-refractivity contribution is -0.119. The molecule has 0 bridgehead atoms. The molecule has 1 amide bonds. The SMILES string of the molecule is CC(C)C(C)NC(=O)CSc1cccc(CO)c1. The molecule has 0 aliphatic carbocycles. The van der Waals surface area contributed by atoms with E-state index in [4.69, 9.17) is 5.11 Å². The van der Waals surface area contributed by atoms with Crippen LogP contribution in [-0.2, 0) is 11.4 Å². The highest BCUT2D eigenvalue weighted by molar-refractivity contribution is 8.00. The molecule has 0 heterocycles. The fourth-order valence-electron chi connectivity index (χ4n) is 1.34. The third-order valence-electron chi connectivity index (χ3n) is 2.84. The van der Waals surface area contributed by atoms with Crippen LogP contribution in [-0.4, -0.2) is 22.8 Å². The molecule has 0 aliphatic rings. The third-order valence-corrected chi connectivity index (χ3v) is 3.83. The molecule has 1 atom stereocenters. The number of amides is 1.